The summed E-state index contributed by atoms with van der Waals surface area (Å²) in [7, 11) is 4.05. The first-order chi connectivity index (χ1) is 11.0. The van der Waals surface area contributed by atoms with Crippen LogP contribution in [-0.2, 0) is 11.3 Å². The predicted octanol–water partition coefficient (Wildman–Crippen LogP) is 1.09. The second-order valence-corrected chi connectivity index (χ2v) is 5.70. The van der Waals surface area contributed by atoms with Crippen molar-refractivity contribution in [3.05, 3.63) is 52.9 Å². The van der Waals surface area contributed by atoms with Crippen LogP contribution in [0.25, 0.3) is 6.08 Å². The molecule has 1 aliphatic rings. The van der Waals surface area contributed by atoms with Crippen molar-refractivity contribution in [2.75, 3.05) is 14.1 Å². The van der Waals surface area contributed by atoms with Gasteiger partial charge < -0.3 is 9.88 Å². The second kappa shape index (κ2) is 6.13. The van der Waals surface area contributed by atoms with Gasteiger partial charge in [0.05, 0.1) is 5.57 Å². The normalized spacial score (nSPS) is 16.1. The van der Waals surface area contributed by atoms with Crippen molar-refractivity contribution >= 4 is 17.7 Å². The number of hydrogen-bond donors (Lipinski definition) is 2. The first-order valence-corrected chi connectivity index (χ1v) is 7.23. The first kappa shape index (κ1) is 15.1. The van der Waals surface area contributed by atoms with Crippen LogP contribution in [0.4, 0.5) is 0 Å². The molecule has 0 saturated heterocycles. The van der Waals surface area contributed by atoms with Crippen LogP contribution in [0, 0.1) is 6.92 Å². The fourth-order valence-corrected chi connectivity index (χ4v) is 2.48. The topological polar surface area (TPSA) is 86.3 Å². The molecule has 3 rings (SSSR count). The Kier molecular flexibility index (Phi) is 4.03. The van der Waals surface area contributed by atoms with E-state index in [1.165, 1.54) is 11.9 Å². The Morgan fingerprint density at radius 3 is 2.70 bits per heavy atom. The smallest absolute Gasteiger partial charge is 0.273 e. The minimum absolute atomic E-state index is 0.231. The lowest BCUT2D eigenvalue weighted by molar-refractivity contribution is -0.116. The van der Waals surface area contributed by atoms with Crippen molar-refractivity contribution in [1.82, 2.24) is 25.3 Å². The van der Waals surface area contributed by atoms with Crippen LogP contribution in [0.15, 0.2) is 35.5 Å². The molecule has 2 aromatic rings. The zero-order valence-corrected chi connectivity index (χ0v) is 13.3. The Labute approximate surface area is 134 Å². The second-order valence-electron chi connectivity index (χ2n) is 5.70. The number of aromatic amines is 1. The minimum Gasteiger partial charge on any atom is -0.359 e. The van der Waals surface area contributed by atoms with E-state index in [1.54, 1.807) is 18.5 Å². The van der Waals surface area contributed by atoms with Gasteiger partial charge in [0.1, 0.15) is 12.0 Å². The number of aryl methyl sites for hydroxylation is 1. The molecule has 0 spiro atoms. The molecule has 2 N–H and O–H groups in total. The van der Waals surface area contributed by atoms with E-state index in [0.29, 0.717) is 16.8 Å². The van der Waals surface area contributed by atoms with Crippen LogP contribution in [-0.4, -0.2) is 45.6 Å². The Bertz CT molecular complexity index is 788. The number of rotatable bonds is 4. The Hall–Kier alpha value is -2.80. The molecule has 0 unspecified atom stereocenters. The van der Waals surface area contributed by atoms with Crippen LogP contribution in [0.2, 0.25) is 0 Å². The van der Waals surface area contributed by atoms with Crippen LogP contribution < -0.4 is 5.43 Å². The zero-order valence-electron chi connectivity index (χ0n) is 13.3. The Morgan fingerprint density at radius 2 is 2.00 bits per heavy atom. The Balaban J connectivity index is 1.94. The molecule has 0 atom stereocenters. The number of hydrogen-bond acceptors (Lipinski definition) is 5. The van der Waals surface area contributed by atoms with E-state index < -0.39 is 0 Å². The van der Waals surface area contributed by atoms with Crippen molar-refractivity contribution in [3.8, 4) is 0 Å². The van der Waals surface area contributed by atoms with Crippen molar-refractivity contribution in [2.45, 2.75) is 13.5 Å². The number of hydrazone groups is 1. The van der Waals surface area contributed by atoms with E-state index in [2.05, 4.69) is 30.4 Å². The van der Waals surface area contributed by atoms with Crippen LogP contribution in [0.1, 0.15) is 22.5 Å². The van der Waals surface area contributed by atoms with Crippen molar-refractivity contribution < 1.29 is 4.79 Å². The number of nitrogens with one attached hydrogen (secondary N) is 2. The summed E-state index contributed by atoms with van der Waals surface area (Å²) < 4.78 is 0. The number of carbonyl (C=O) groups excluding carboxylic acids is 1. The van der Waals surface area contributed by atoms with E-state index in [4.69, 9.17) is 0 Å². The number of aromatic nitrogens is 3. The lowest BCUT2D eigenvalue weighted by atomic mass is 10.0. The van der Waals surface area contributed by atoms with Crippen LogP contribution in [0.5, 0.6) is 0 Å². The average Bonchev–Trinajstić information content (AvgIpc) is 3.04. The first-order valence-electron chi connectivity index (χ1n) is 7.23. The lowest BCUT2D eigenvalue weighted by Gasteiger charge is -2.07. The summed E-state index contributed by atoms with van der Waals surface area (Å²) in [5.74, 6) is -0.231. The molecule has 2 aromatic heterocycles. The quantitative estimate of drug-likeness (QED) is 0.828. The maximum Gasteiger partial charge on any atom is 0.273 e. The number of nitrogens with zero attached hydrogens (tertiary/aromatic N) is 4. The maximum absolute atomic E-state index is 12.1. The van der Waals surface area contributed by atoms with Gasteiger partial charge in [0.15, 0.2) is 0 Å². The van der Waals surface area contributed by atoms with Crippen molar-refractivity contribution in [1.29, 1.82) is 0 Å². The van der Waals surface area contributed by atoms with Crippen molar-refractivity contribution in [3.63, 3.8) is 0 Å². The largest absolute Gasteiger partial charge is 0.359 e. The minimum atomic E-state index is -0.231. The highest BCUT2D eigenvalue weighted by molar-refractivity contribution is 6.33. The van der Waals surface area contributed by atoms with E-state index in [1.807, 2.05) is 27.1 Å². The van der Waals surface area contributed by atoms with Gasteiger partial charge >= 0.3 is 0 Å². The maximum atomic E-state index is 12.1. The molecule has 0 saturated carbocycles. The van der Waals surface area contributed by atoms with E-state index >= 15 is 0 Å². The molecule has 3 heterocycles. The molecule has 23 heavy (non-hydrogen) atoms. The molecule has 1 amide bonds. The highest BCUT2D eigenvalue weighted by Crippen LogP contribution is 2.19. The van der Waals surface area contributed by atoms with Gasteiger partial charge in [-0.1, -0.05) is 0 Å². The predicted molar refractivity (Wildman–Crippen MR) is 87.6 cm³/mol. The highest BCUT2D eigenvalue weighted by Gasteiger charge is 2.24. The third-order valence-corrected chi connectivity index (χ3v) is 3.53. The van der Waals surface area contributed by atoms with Gasteiger partial charge in [-0.25, -0.2) is 15.4 Å². The molecule has 7 heteroatoms. The molecule has 0 aliphatic carbocycles. The molecule has 1 aliphatic heterocycles. The number of H-pyrrole nitrogens is 1. The highest BCUT2D eigenvalue weighted by atomic mass is 16.2. The van der Waals surface area contributed by atoms with Gasteiger partial charge in [0.25, 0.3) is 5.91 Å². The third-order valence-electron chi connectivity index (χ3n) is 3.53. The monoisotopic (exact) mass is 310 g/mol. The number of amides is 1. The third kappa shape index (κ3) is 3.19. The van der Waals surface area contributed by atoms with E-state index in [9.17, 15) is 4.79 Å². The van der Waals surface area contributed by atoms with Crippen LogP contribution >= 0.6 is 0 Å². The van der Waals surface area contributed by atoms with Gasteiger partial charge in [0, 0.05) is 35.9 Å². The van der Waals surface area contributed by atoms with E-state index in [-0.39, 0.29) is 5.91 Å². The fourth-order valence-electron chi connectivity index (χ4n) is 2.48. The zero-order chi connectivity index (χ0) is 16.4. The molecular formula is C16H18N6O. The summed E-state index contributed by atoms with van der Waals surface area (Å²) in [5.41, 5.74) is 7.40. The average molecular weight is 310 g/mol. The van der Waals surface area contributed by atoms with Gasteiger partial charge in [-0.15, -0.1) is 0 Å². The van der Waals surface area contributed by atoms with Gasteiger partial charge in [-0.05, 0) is 38.7 Å². The lowest BCUT2D eigenvalue weighted by Crippen LogP contribution is -2.13. The van der Waals surface area contributed by atoms with Gasteiger partial charge in [-0.3, -0.25) is 4.79 Å². The molecule has 0 bridgehead atoms. The molecule has 118 valence electrons. The molecule has 7 nitrogen and oxygen atoms in total. The number of carbonyl (C=O) groups is 1. The van der Waals surface area contributed by atoms with Crippen LogP contribution in [0.3, 0.4) is 0 Å². The molecule has 0 aromatic carbocycles. The summed E-state index contributed by atoms with van der Waals surface area (Å²) in [4.78, 5) is 25.4. The summed E-state index contributed by atoms with van der Waals surface area (Å²) >= 11 is 0. The summed E-state index contributed by atoms with van der Waals surface area (Å²) in [5, 5.41) is 4.09. The summed E-state index contributed by atoms with van der Waals surface area (Å²) in [6.07, 6.45) is 6.52. The van der Waals surface area contributed by atoms with Gasteiger partial charge in [0.2, 0.25) is 0 Å². The van der Waals surface area contributed by atoms with E-state index in [0.717, 1.165) is 17.9 Å². The molecule has 0 radical (unpaired) electrons. The fraction of sp³-hybridized carbons (Fsp3) is 0.250. The molecular weight excluding hydrogens is 292 g/mol. The summed E-state index contributed by atoms with van der Waals surface area (Å²) in [6, 6.07) is 2.05. The summed E-state index contributed by atoms with van der Waals surface area (Å²) in [6.45, 7) is 2.86. The Morgan fingerprint density at radius 1 is 1.26 bits per heavy atom. The SMILES string of the molecule is Cc1[nH]c(C=C2C(=O)NN=C2c2cncnc2)cc1CN(C)C. The molecule has 0 fully saturated rings. The standard InChI is InChI=1S/C16H18N6O/c1-10-11(8-22(2)3)4-13(19-10)5-14-15(20-21-16(14)23)12-6-17-9-18-7-12/h4-7,9,19H,8H2,1-3H3,(H,21,23). The van der Waals surface area contributed by atoms with Crippen molar-refractivity contribution in [2.24, 2.45) is 5.10 Å². The van der Waals surface area contributed by atoms with Gasteiger partial charge in [-0.2, -0.15) is 5.10 Å².